The van der Waals surface area contributed by atoms with Crippen LogP contribution in [-0.4, -0.2) is 24.8 Å². The van der Waals surface area contributed by atoms with Gasteiger partial charge >= 0.3 is 11.9 Å². The second kappa shape index (κ2) is 5.96. The average Bonchev–Trinajstić information content (AvgIpc) is 2.53. The van der Waals surface area contributed by atoms with Crippen molar-refractivity contribution in [1.82, 2.24) is 0 Å². The van der Waals surface area contributed by atoms with Crippen LogP contribution in [0.5, 0.6) is 5.75 Å². The molecule has 0 aromatic heterocycles. The second-order valence-electron chi connectivity index (χ2n) is 6.71. The number of hydrogen-bond donors (Lipinski definition) is 0. The van der Waals surface area contributed by atoms with E-state index in [1.807, 2.05) is 36.4 Å². The fourth-order valence-corrected chi connectivity index (χ4v) is 3.68. The van der Waals surface area contributed by atoms with Gasteiger partial charge in [-0.05, 0) is 25.3 Å². The number of carbonyl (C=O) groups is 2. The molecule has 24 heavy (non-hydrogen) atoms. The number of esters is 2. The molecule has 5 nitrogen and oxygen atoms in total. The van der Waals surface area contributed by atoms with E-state index in [4.69, 9.17) is 14.2 Å². The predicted molar refractivity (Wildman–Crippen MR) is 87.4 cm³/mol. The number of cyclic esters (lactones) is 2. The summed E-state index contributed by atoms with van der Waals surface area (Å²) in [6.45, 7) is 3.12. The predicted octanol–water partition coefficient (Wildman–Crippen LogP) is 3.13. The SMILES string of the molecule is COc1ccccc1[C@@]1(C2C(=O)OC(C)(C)OC2=O)C=CCCC1. The topological polar surface area (TPSA) is 61.8 Å². The molecule has 128 valence electrons. The Bertz CT molecular complexity index is 671. The number of carbonyl (C=O) groups excluding carboxylic acids is 2. The highest BCUT2D eigenvalue weighted by molar-refractivity contribution is 5.99. The molecule has 3 rings (SSSR count). The van der Waals surface area contributed by atoms with E-state index >= 15 is 0 Å². The van der Waals surface area contributed by atoms with Crippen LogP contribution in [0, 0.1) is 5.92 Å². The minimum atomic E-state index is -1.23. The molecule has 1 aliphatic carbocycles. The summed E-state index contributed by atoms with van der Waals surface area (Å²) in [5, 5.41) is 0. The Kier molecular flexibility index (Phi) is 4.11. The molecule has 1 aromatic carbocycles. The summed E-state index contributed by atoms with van der Waals surface area (Å²) in [5.41, 5.74) is -0.00254. The van der Waals surface area contributed by atoms with Crippen molar-refractivity contribution in [3.05, 3.63) is 42.0 Å². The zero-order valence-electron chi connectivity index (χ0n) is 14.2. The molecular weight excluding hydrogens is 308 g/mol. The van der Waals surface area contributed by atoms with E-state index < -0.39 is 29.1 Å². The lowest BCUT2D eigenvalue weighted by atomic mass is 9.64. The van der Waals surface area contributed by atoms with Crippen molar-refractivity contribution in [2.75, 3.05) is 7.11 Å². The van der Waals surface area contributed by atoms with Gasteiger partial charge in [-0.25, -0.2) is 0 Å². The Balaban J connectivity index is 2.14. The van der Waals surface area contributed by atoms with Crippen molar-refractivity contribution in [2.45, 2.75) is 44.3 Å². The third-order valence-electron chi connectivity index (χ3n) is 4.66. The largest absolute Gasteiger partial charge is 0.496 e. The summed E-state index contributed by atoms with van der Waals surface area (Å²) >= 11 is 0. The molecule has 0 saturated carbocycles. The quantitative estimate of drug-likeness (QED) is 0.484. The number of para-hydroxylation sites is 1. The van der Waals surface area contributed by atoms with Crippen molar-refractivity contribution in [2.24, 2.45) is 5.92 Å². The number of methoxy groups -OCH3 is 1. The van der Waals surface area contributed by atoms with Gasteiger partial charge < -0.3 is 14.2 Å². The van der Waals surface area contributed by atoms with Gasteiger partial charge in [-0.2, -0.15) is 0 Å². The first kappa shape index (κ1) is 16.6. The highest BCUT2D eigenvalue weighted by Gasteiger charge is 2.55. The Hall–Kier alpha value is -2.30. The molecular formula is C19H22O5. The number of hydrogen-bond acceptors (Lipinski definition) is 5. The van der Waals surface area contributed by atoms with Gasteiger partial charge in [0, 0.05) is 24.8 Å². The van der Waals surface area contributed by atoms with Crippen LogP contribution >= 0.6 is 0 Å². The first-order valence-corrected chi connectivity index (χ1v) is 8.16. The Morgan fingerprint density at radius 1 is 1.12 bits per heavy atom. The minimum Gasteiger partial charge on any atom is -0.496 e. The number of rotatable bonds is 3. The van der Waals surface area contributed by atoms with E-state index in [1.54, 1.807) is 21.0 Å². The molecule has 1 heterocycles. The van der Waals surface area contributed by atoms with Crippen LogP contribution in [0.25, 0.3) is 0 Å². The van der Waals surface area contributed by atoms with Crippen LogP contribution in [0.4, 0.5) is 0 Å². The van der Waals surface area contributed by atoms with Gasteiger partial charge in [-0.15, -0.1) is 0 Å². The fourth-order valence-electron chi connectivity index (χ4n) is 3.68. The number of allylic oxidation sites excluding steroid dienone is 2. The van der Waals surface area contributed by atoms with E-state index in [0.29, 0.717) is 12.2 Å². The molecule has 5 heteroatoms. The van der Waals surface area contributed by atoms with Crippen LogP contribution < -0.4 is 4.74 Å². The van der Waals surface area contributed by atoms with Crippen molar-refractivity contribution in [3.8, 4) is 5.75 Å². The molecule has 0 amide bonds. The van der Waals surface area contributed by atoms with Crippen LogP contribution in [-0.2, 0) is 24.5 Å². The summed E-state index contributed by atoms with van der Waals surface area (Å²) in [5.74, 6) is -2.71. The third kappa shape index (κ3) is 2.68. The van der Waals surface area contributed by atoms with Crippen LogP contribution in [0.3, 0.4) is 0 Å². The van der Waals surface area contributed by atoms with E-state index in [9.17, 15) is 9.59 Å². The maximum atomic E-state index is 12.7. The van der Waals surface area contributed by atoms with Gasteiger partial charge in [0.2, 0.25) is 0 Å². The Morgan fingerprint density at radius 2 is 1.79 bits per heavy atom. The summed E-state index contributed by atoms with van der Waals surface area (Å²) in [6, 6.07) is 7.48. The molecule has 0 unspecified atom stereocenters. The highest BCUT2D eigenvalue weighted by Crippen LogP contribution is 2.48. The smallest absolute Gasteiger partial charge is 0.324 e. The van der Waals surface area contributed by atoms with Crippen molar-refractivity contribution in [3.63, 3.8) is 0 Å². The molecule has 0 radical (unpaired) electrons. The zero-order valence-corrected chi connectivity index (χ0v) is 14.2. The second-order valence-corrected chi connectivity index (χ2v) is 6.71. The minimum absolute atomic E-state index is 0.547. The lowest BCUT2D eigenvalue weighted by molar-refractivity contribution is -0.243. The van der Waals surface area contributed by atoms with Crippen molar-refractivity contribution < 1.29 is 23.8 Å². The van der Waals surface area contributed by atoms with E-state index in [1.165, 1.54) is 0 Å². The summed E-state index contributed by atoms with van der Waals surface area (Å²) < 4.78 is 16.2. The first-order chi connectivity index (χ1) is 11.4. The van der Waals surface area contributed by atoms with Crippen LogP contribution in [0.1, 0.15) is 38.7 Å². The maximum absolute atomic E-state index is 12.7. The Morgan fingerprint density at radius 3 is 2.38 bits per heavy atom. The van der Waals surface area contributed by atoms with E-state index in [-0.39, 0.29) is 0 Å². The standard InChI is InChI=1S/C19H22O5/c1-18(2)23-16(20)15(17(21)24-18)19(11-7-4-8-12-19)13-9-5-6-10-14(13)22-3/h5-7,9-11,15H,4,8,12H2,1-3H3/t19-/m1/s1. The molecule has 1 atom stereocenters. The highest BCUT2D eigenvalue weighted by atomic mass is 16.7. The van der Waals surface area contributed by atoms with Gasteiger partial charge in [-0.1, -0.05) is 30.4 Å². The first-order valence-electron chi connectivity index (χ1n) is 8.16. The lowest BCUT2D eigenvalue weighted by Crippen LogP contribution is -2.54. The molecule has 0 bridgehead atoms. The molecule has 1 aliphatic heterocycles. The van der Waals surface area contributed by atoms with Crippen LogP contribution in [0.15, 0.2) is 36.4 Å². The van der Waals surface area contributed by atoms with Crippen molar-refractivity contribution in [1.29, 1.82) is 0 Å². The van der Waals surface area contributed by atoms with Crippen LogP contribution in [0.2, 0.25) is 0 Å². The molecule has 2 aliphatic rings. The maximum Gasteiger partial charge on any atom is 0.324 e. The molecule has 0 spiro atoms. The van der Waals surface area contributed by atoms with Gasteiger partial charge in [-0.3, -0.25) is 9.59 Å². The van der Waals surface area contributed by atoms with Gasteiger partial charge in [0.1, 0.15) is 5.75 Å². The number of ether oxygens (including phenoxy) is 3. The third-order valence-corrected chi connectivity index (χ3v) is 4.66. The molecule has 1 aromatic rings. The van der Waals surface area contributed by atoms with E-state index in [2.05, 4.69) is 0 Å². The summed E-state index contributed by atoms with van der Waals surface area (Å²) in [6.07, 6.45) is 6.39. The molecule has 0 N–H and O–H groups in total. The monoisotopic (exact) mass is 330 g/mol. The van der Waals surface area contributed by atoms with Gasteiger partial charge in [0.15, 0.2) is 5.92 Å². The average molecular weight is 330 g/mol. The van der Waals surface area contributed by atoms with Gasteiger partial charge in [0.05, 0.1) is 7.11 Å². The fraction of sp³-hybridized carbons (Fsp3) is 0.474. The zero-order chi connectivity index (χ0) is 17.4. The van der Waals surface area contributed by atoms with Gasteiger partial charge in [0.25, 0.3) is 5.79 Å². The summed E-state index contributed by atoms with van der Waals surface area (Å²) in [4.78, 5) is 25.4. The van der Waals surface area contributed by atoms with Crippen molar-refractivity contribution >= 4 is 11.9 Å². The summed E-state index contributed by atoms with van der Waals surface area (Å²) in [7, 11) is 1.58. The number of benzene rings is 1. The Labute approximate surface area is 141 Å². The lowest BCUT2D eigenvalue weighted by Gasteiger charge is -2.43. The normalized spacial score (nSPS) is 26.6. The molecule has 1 saturated heterocycles. The van der Waals surface area contributed by atoms with E-state index in [0.717, 1.165) is 18.4 Å². The molecule has 1 fully saturated rings.